The van der Waals surface area contributed by atoms with Crippen LogP contribution in [0.25, 0.3) is 6.08 Å². The molecule has 0 saturated carbocycles. The molecule has 0 aliphatic rings. The highest BCUT2D eigenvalue weighted by Crippen LogP contribution is 2.06. The molecule has 0 saturated heterocycles. The van der Waals surface area contributed by atoms with E-state index in [9.17, 15) is 14.4 Å². The molecule has 2 aromatic rings. The highest BCUT2D eigenvalue weighted by atomic mass is 16.5. The number of amides is 1. The lowest BCUT2D eigenvalue weighted by atomic mass is 10.1. The molecule has 2 aromatic carbocycles. The third kappa shape index (κ3) is 6.55. The summed E-state index contributed by atoms with van der Waals surface area (Å²) in [7, 11) is 0. The summed E-state index contributed by atoms with van der Waals surface area (Å²) in [4.78, 5) is 35.9. The van der Waals surface area contributed by atoms with Crippen molar-refractivity contribution in [3.05, 3.63) is 77.4 Å². The number of hydrogen-bond acceptors (Lipinski definition) is 4. The van der Waals surface area contributed by atoms with Crippen LogP contribution in [0.3, 0.4) is 0 Å². The van der Waals surface area contributed by atoms with Gasteiger partial charge in [0.25, 0.3) is 0 Å². The first-order valence-electron chi connectivity index (χ1n) is 8.82. The Hall–Kier alpha value is -3.21. The lowest BCUT2D eigenvalue weighted by Gasteiger charge is -2.12. The van der Waals surface area contributed by atoms with Gasteiger partial charge in [-0.25, -0.2) is 4.79 Å². The molecular weight excluding hydrogens is 342 g/mol. The summed E-state index contributed by atoms with van der Waals surface area (Å²) >= 11 is 0. The molecule has 1 amide bonds. The van der Waals surface area contributed by atoms with Crippen LogP contribution >= 0.6 is 0 Å². The molecule has 5 nitrogen and oxygen atoms in total. The van der Waals surface area contributed by atoms with Gasteiger partial charge in [-0.3, -0.25) is 9.59 Å². The van der Waals surface area contributed by atoms with E-state index in [1.807, 2.05) is 49.4 Å². The zero-order chi connectivity index (χ0) is 19.6. The Morgan fingerprint density at radius 2 is 1.70 bits per heavy atom. The zero-order valence-electron chi connectivity index (χ0n) is 15.5. The number of nitrogens with one attached hydrogen (secondary N) is 1. The van der Waals surface area contributed by atoms with Crippen LogP contribution in [0.4, 0.5) is 0 Å². The molecule has 140 valence electrons. The first kappa shape index (κ1) is 20.1. The summed E-state index contributed by atoms with van der Waals surface area (Å²) in [6, 6.07) is 15.7. The number of ether oxygens (including phenoxy) is 1. The van der Waals surface area contributed by atoms with Crippen LogP contribution in [0.1, 0.15) is 35.3 Å². The summed E-state index contributed by atoms with van der Waals surface area (Å²) in [5.41, 5.74) is 2.49. The molecule has 1 N–H and O–H groups in total. The van der Waals surface area contributed by atoms with Crippen molar-refractivity contribution in [2.75, 3.05) is 6.61 Å². The van der Waals surface area contributed by atoms with E-state index in [-0.39, 0.29) is 12.4 Å². The summed E-state index contributed by atoms with van der Waals surface area (Å²) < 4.78 is 5.01. The predicted molar refractivity (Wildman–Crippen MR) is 104 cm³/mol. The van der Waals surface area contributed by atoms with E-state index in [1.165, 1.54) is 13.0 Å². The first-order valence-corrected chi connectivity index (χ1v) is 8.82. The van der Waals surface area contributed by atoms with E-state index in [0.717, 1.165) is 17.5 Å². The highest BCUT2D eigenvalue weighted by Gasteiger charge is 2.17. The molecule has 0 aromatic heterocycles. The number of hydrogen-bond donors (Lipinski definition) is 1. The van der Waals surface area contributed by atoms with Crippen molar-refractivity contribution in [1.29, 1.82) is 0 Å². The van der Waals surface area contributed by atoms with Crippen molar-refractivity contribution < 1.29 is 19.1 Å². The molecule has 2 rings (SSSR count). The number of aryl methyl sites for hydroxylation is 1. The SMILES string of the molecule is CCc1ccc(C(=O)COC(=O)[C@H](C)NC(=O)/C=C/c2ccccc2)cc1. The van der Waals surface area contributed by atoms with Crippen LogP contribution < -0.4 is 5.32 Å². The average Bonchev–Trinajstić information content (AvgIpc) is 2.71. The predicted octanol–water partition coefficient (Wildman–Crippen LogP) is 3.19. The van der Waals surface area contributed by atoms with Gasteiger partial charge < -0.3 is 10.1 Å². The first-order chi connectivity index (χ1) is 13.0. The molecule has 1 atom stereocenters. The van der Waals surface area contributed by atoms with Gasteiger partial charge in [-0.1, -0.05) is 61.5 Å². The number of ketones is 1. The topological polar surface area (TPSA) is 72.5 Å². The fourth-order valence-corrected chi connectivity index (χ4v) is 2.33. The number of rotatable bonds is 8. The third-order valence-electron chi connectivity index (χ3n) is 3.97. The van der Waals surface area contributed by atoms with E-state index in [0.29, 0.717) is 5.56 Å². The van der Waals surface area contributed by atoms with Crippen LogP contribution in [-0.2, 0) is 20.7 Å². The van der Waals surface area contributed by atoms with Crippen molar-refractivity contribution in [3.63, 3.8) is 0 Å². The van der Waals surface area contributed by atoms with Crippen molar-refractivity contribution >= 4 is 23.7 Å². The molecule has 0 heterocycles. The van der Waals surface area contributed by atoms with E-state index in [1.54, 1.807) is 18.2 Å². The van der Waals surface area contributed by atoms with Gasteiger partial charge in [0.15, 0.2) is 12.4 Å². The lowest BCUT2D eigenvalue weighted by molar-refractivity contribution is -0.145. The largest absolute Gasteiger partial charge is 0.456 e. The fourth-order valence-electron chi connectivity index (χ4n) is 2.33. The maximum atomic E-state index is 12.1. The molecule has 0 fully saturated rings. The molecule has 0 unspecified atom stereocenters. The second kappa shape index (κ2) is 10.1. The van der Waals surface area contributed by atoms with E-state index >= 15 is 0 Å². The third-order valence-corrected chi connectivity index (χ3v) is 3.97. The molecular formula is C22H23NO4. The molecule has 0 bridgehead atoms. The van der Waals surface area contributed by atoms with Crippen molar-refractivity contribution in [1.82, 2.24) is 5.32 Å². The van der Waals surface area contributed by atoms with Gasteiger partial charge in [0, 0.05) is 11.6 Å². The molecule has 0 aliphatic carbocycles. The van der Waals surface area contributed by atoms with E-state index in [4.69, 9.17) is 4.74 Å². The normalized spacial score (nSPS) is 11.8. The molecule has 5 heteroatoms. The number of carbonyl (C=O) groups is 3. The molecule has 0 aliphatic heterocycles. The minimum atomic E-state index is -0.854. The van der Waals surface area contributed by atoms with Crippen LogP contribution in [0.2, 0.25) is 0 Å². The van der Waals surface area contributed by atoms with Gasteiger partial charge >= 0.3 is 5.97 Å². The van der Waals surface area contributed by atoms with Gasteiger partial charge in [-0.05, 0) is 30.5 Å². The van der Waals surface area contributed by atoms with E-state index < -0.39 is 17.9 Å². The Labute approximate surface area is 159 Å². The van der Waals surface area contributed by atoms with Crippen LogP contribution in [-0.4, -0.2) is 30.3 Å². The minimum absolute atomic E-state index is 0.284. The summed E-state index contributed by atoms with van der Waals surface area (Å²) in [5, 5.41) is 2.52. The average molecular weight is 365 g/mol. The van der Waals surface area contributed by atoms with Crippen molar-refractivity contribution in [2.24, 2.45) is 0 Å². The maximum Gasteiger partial charge on any atom is 0.328 e. The number of benzene rings is 2. The minimum Gasteiger partial charge on any atom is -0.456 e. The Morgan fingerprint density at radius 3 is 2.33 bits per heavy atom. The Morgan fingerprint density at radius 1 is 1.04 bits per heavy atom. The summed E-state index contributed by atoms with van der Waals surface area (Å²) in [5.74, 6) is -1.35. The van der Waals surface area contributed by atoms with Crippen molar-refractivity contribution in [3.8, 4) is 0 Å². The maximum absolute atomic E-state index is 12.1. The number of Topliss-reactive ketones (excluding diaryl/α,β-unsaturated/α-hetero) is 1. The Kier molecular flexibility index (Phi) is 7.49. The lowest BCUT2D eigenvalue weighted by Crippen LogP contribution is -2.39. The Balaban J connectivity index is 1.79. The molecule has 0 spiro atoms. The van der Waals surface area contributed by atoms with E-state index in [2.05, 4.69) is 5.32 Å². The molecule has 27 heavy (non-hydrogen) atoms. The van der Waals surface area contributed by atoms with Gasteiger partial charge in [-0.15, -0.1) is 0 Å². The van der Waals surface area contributed by atoms with Crippen molar-refractivity contribution in [2.45, 2.75) is 26.3 Å². The smallest absolute Gasteiger partial charge is 0.328 e. The van der Waals surface area contributed by atoms with Gasteiger partial charge in [0.1, 0.15) is 6.04 Å². The Bertz CT molecular complexity index is 810. The van der Waals surface area contributed by atoms with Crippen LogP contribution in [0, 0.1) is 0 Å². The zero-order valence-corrected chi connectivity index (χ0v) is 15.5. The molecule has 0 radical (unpaired) electrons. The monoisotopic (exact) mass is 365 g/mol. The van der Waals surface area contributed by atoms with Crippen LogP contribution in [0.15, 0.2) is 60.7 Å². The van der Waals surface area contributed by atoms with Gasteiger partial charge in [-0.2, -0.15) is 0 Å². The van der Waals surface area contributed by atoms with Gasteiger partial charge in [0.2, 0.25) is 5.91 Å². The fraction of sp³-hybridized carbons (Fsp3) is 0.227. The van der Waals surface area contributed by atoms with Gasteiger partial charge in [0.05, 0.1) is 0 Å². The summed E-state index contributed by atoms with van der Waals surface area (Å²) in [6.07, 6.45) is 3.88. The quantitative estimate of drug-likeness (QED) is 0.443. The standard InChI is InChI=1S/C22H23NO4/c1-3-17-9-12-19(13-10-17)20(24)15-27-22(26)16(2)23-21(25)14-11-18-7-5-4-6-8-18/h4-14,16H,3,15H2,1-2H3,(H,23,25)/b14-11+/t16-/m0/s1. The second-order valence-corrected chi connectivity index (χ2v) is 6.06. The van der Waals surface area contributed by atoms with Crippen LogP contribution in [0.5, 0.6) is 0 Å². The number of carbonyl (C=O) groups excluding carboxylic acids is 3. The second-order valence-electron chi connectivity index (χ2n) is 6.06. The summed E-state index contributed by atoms with van der Waals surface area (Å²) in [6.45, 7) is 3.19. The number of esters is 1. The highest BCUT2D eigenvalue weighted by molar-refractivity contribution is 5.98.